The summed E-state index contributed by atoms with van der Waals surface area (Å²) in [6, 6.07) is 3.76. The molecule has 7 nitrogen and oxygen atoms in total. The van der Waals surface area contributed by atoms with E-state index >= 15 is 0 Å². The minimum absolute atomic E-state index is 0.176. The van der Waals surface area contributed by atoms with Crippen LogP contribution in [0.15, 0.2) is 23.0 Å². The van der Waals surface area contributed by atoms with E-state index in [1.807, 2.05) is 0 Å². The van der Waals surface area contributed by atoms with Crippen molar-refractivity contribution in [1.29, 1.82) is 0 Å². The van der Waals surface area contributed by atoms with Gasteiger partial charge in [-0.2, -0.15) is 0 Å². The molecular weight excluding hydrogens is 306 g/mol. The molecule has 0 aliphatic heterocycles. The number of nitrogens with one attached hydrogen (secondary N) is 3. The Morgan fingerprint density at radius 3 is 2.77 bits per heavy atom. The Balaban J connectivity index is 2.27. The first-order chi connectivity index (χ1) is 10.4. The Kier molecular flexibility index (Phi) is 4.71. The molecule has 1 aromatic carbocycles. The van der Waals surface area contributed by atoms with Gasteiger partial charge in [0, 0.05) is 5.56 Å². The largest absolute Gasteiger partial charge is 0.464 e. The van der Waals surface area contributed by atoms with Crippen LogP contribution < -0.4 is 10.9 Å². The number of hydrogen-bond donors (Lipinski definition) is 3. The van der Waals surface area contributed by atoms with Gasteiger partial charge in [-0.15, -0.1) is 0 Å². The molecule has 0 fully saturated rings. The number of fused-ring (bicyclic) bond motifs is 1. The second-order valence-corrected chi connectivity index (χ2v) is 5.02. The second kappa shape index (κ2) is 6.52. The number of amides is 1. The number of carbonyl (C=O) groups is 2. The highest BCUT2D eigenvalue weighted by atomic mass is 32.1. The lowest BCUT2D eigenvalue weighted by Crippen LogP contribution is -2.39. The molecule has 0 aliphatic carbocycles. The number of benzene rings is 1. The minimum atomic E-state index is -0.763. The van der Waals surface area contributed by atoms with Crippen LogP contribution in [0.25, 0.3) is 10.9 Å². The van der Waals surface area contributed by atoms with Gasteiger partial charge in [-0.3, -0.25) is 14.6 Å². The molecule has 2 aromatic rings. The van der Waals surface area contributed by atoms with Crippen molar-refractivity contribution in [2.75, 3.05) is 6.61 Å². The van der Waals surface area contributed by atoms with Gasteiger partial charge in [0.05, 0.1) is 17.5 Å². The molecule has 0 spiro atoms. The zero-order chi connectivity index (χ0) is 16.3. The summed E-state index contributed by atoms with van der Waals surface area (Å²) >= 11 is 4.90. The Bertz CT molecular complexity index is 840. The quantitative estimate of drug-likeness (QED) is 0.581. The maximum atomic E-state index is 12.1. The lowest BCUT2D eigenvalue weighted by molar-refractivity contribution is -0.144. The number of rotatable bonds is 4. The third kappa shape index (κ3) is 3.40. The molecule has 0 radical (unpaired) electrons. The van der Waals surface area contributed by atoms with Crippen molar-refractivity contribution in [3.05, 3.63) is 38.9 Å². The van der Waals surface area contributed by atoms with Gasteiger partial charge in [-0.05, 0) is 44.3 Å². The molecule has 8 heteroatoms. The summed E-state index contributed by atoms with van der Waals surface area (Å²) < 4.78 is 5.00. The molecule has 116 valence electrons. The monoisotopic (exact) mass is 321 g/mol. The Labute approximate surface area is 130 Å². The second-order valence-electron chi connectivity index (χ2n) is 4.62. The molecular formula is C14H15N3O4S. The normalized spacial score (nSPS) is 11.9. The van der Waals surface area contributed by atoms with Crippen molar-refractivity contribution in [2.45, 2.75) is 19.9 Å². The third-order valence-electron chi connectivity index (χ3n) is 2.99. The lowest BCUT2D eigenvalue weighted by atomic mass is 10.1. The van der Waals surface area contributed by atoms with Gasteiger partial charge >= 0.3 is 5.97 Å². The van der Waals surface area contributed by atoms with E-state index in [0.29, 0.717) is 16.5 Å². The Morgan fingerprint density at radius 2 is 2.09 bits per heavy atom. The molecule has 1 amide bonds. The van der Waals surface area contributed by atoms with Crippen LogP contribution in [-0.2, 0) is 9.53 Å². The zero-order valence-corrected chi connectivity index (χ0v) is 12.9. The van der Waals surface area contributed by atoms with E-state index in [4.69, 9.17) is 17.0 Å². The van der Waals surface area contributed by atoms with Crippen molar-refractivity contribution < 1.29 is 14.3 Å². The highest BCUT2D eigenvalue weighted by Gasteiger charge is 2.17. The lowest BCUT2D eigenvalue weighted by Gasteiger charge is -2.12. The van der Waals surface area contributed by atoms with E-state index in [-0.39, 0.29) is 16.9 Å². The molecule has 0 saturated heterocycles. The van der Waals surface area contributed by atoms with Gasteiger partial charge in [0.15, 0.2) is 4.77 Å². The van der Waals surface area contributed by atoms with Crippen molar-refractivity contribution in [3.8, 4) is 0 Å². The SMILES string of the molecule is CCOC(=O)[C@H](C)NC(=O)c1ccc2c(=O)[nH]c(=S)[nH]c2c1. The topological polar surface area (TPSA) is 104 Å². The summed E-state index contributed by atoms with van der Waals surface area (Å²) in [5.41, 5.74) is 0.427. The van der Waals surface area contributed by atoms with Gasteiger partial charge < -0.3 is 15.0 Å². The maximum Gasteiger partial charge on any atom is 0.328 e. The van der Waals surface area contributed by atoms with Crippen LogP contribution in [0, 0.1) is 4.77 Å². The number of H-pyrrole nitrogens is 2. The number of esters is 1. The molecule has 2 rings (SSSR count). The fraction of sp³-hybridized carbons (Fsp3) is 0.286. The highest BCUT2D eigenvalue weighted by Crippen LogP contribution is 2.10. The highest BCUT2D eigenvalue weighted by molar-refractivity contribution is 7.71. The van der Waals surface area contributed by atoms with Crippen molar-refractivity contribution in [2.24, 2.45) is 0 Å². The fourth-order valence-electron chi connectivity index (χ4n) is 1.92. The molecule has 1 heterocycles. The molecule has 0 unspecified atom stereocenters. The Hall–Kier alpha value is -2.48. The smallest absolute Gasteiger partial charge is 0.328 e. The predicted molar refractivity (Wildman–Crippen MR) is 83.3 cm³/mol. The number of ether oxygens (including phenoxy) is 1. The summed E-state index contributed by atoms with van der Waals surface area (Å²) in [6.07, 6.45) is 0. The van der Waals surface area contributed by atoms with Crippen molar-refractivity contribution in [1.82, 2.24) is 15.3 Å². The fourth-order valence-corrected chi connectivity index (χ4v) is 2.12. The van der Waals surface area contributed by atoms with E-state index in [2.05, 4.69) is 15.3 Å². The van der Waals surface area contributed by atoms with Crippen LogP contribution in [0.2, 0.25) is 0 Å². The van der Waals surface area contributed by atoms with E-state index in [0.717, 1.165) is 0 Å². The molecule has 0 saturated carbocycles. The van der Waals surface area contributed by atoms with Crippen LogP contribution in [-0.4, -0.2) is 34.5 Å². The summed E-state index contributed by atoms with van der Waals surface area (Å²) in [4.78, 5) is 40.6. The number of carbonyl (C=O) groups excluding carboxylic acids is 2. The van der Waals surface area contributed by atoms with Crippen LogP contribution in [0.1, 0.15) is 24.2 Å². The third-order valence-corrected chi connectivity index (χ3v) is 3.19. The van der Waals surface area contributed by atoms with Crippen LogP contribution in [0.5, 0.6) is 0 Å². The first-order valence-electron chi connectivity index (χ1n) is 6.66. The van der Waals surface area contributed by atoms with Crippen molar-refractivity contribution >= 4 is 35.0 Å². The molecule has 0 bridgehead atoms. The number of hydrogen-bond acceptors (Lipinski definition) is 5. The minimum Gasteiger partial charge on any atom is -0.464 e. The van der Waals surface area contributed by atoms with Gasteiger partial charge in [0.2, 0.25) is 0 Å². The molecule has 1 atom stereocenters. The molecule has 1 aromatic heterocycles. The zero-order valence-electron chi connectivity index (χ0n) is 12.1. The van der Waals surface area contributed by atoms with Crippen LogP contribution >= 0.6 is 12.2 Å². The molecule has 3 N–H and O–H groups in total. The van der Waals surface area contributed by atoms with E-state index < -0.39 is 17.9 Å². The van der Waals surface area contributed by atoms with E-state index in [9.17, 15) is 14.4 Å². The van der Waals surface area contributed by atoms with Crippen molar-refractivity contribution in [3.63, 3.8) is 0 Å². The van der Waals surface area contributed by atoms with Gasteiger partial charge in [0.1, 0.15) is 6.04 Å². The first-order valence-corrected chi connectivity index (χ1v) is 7.07. The van der Waals surface area contributed by atoms with E-state index in [1.54, 1.807) is 6.92 Å². The van der Waals surface area contributed by atoms with E-state index in [1.165, 1.54) is 25.1 Å². The molecule has 22 heavy (non-hydrogen) atoms. The number of aromatic amines is 2. The maximum absolute atomic E-state index is 12.1. The summed E-state index contributed by atoms with van der Waals surface area (Å²) in [6.45, 7) is 3.47. The predicted octanol–water partition coefficient (Wildman–Crippen LogP) is 1.27. The Morgan fingerprint density at radius 1 is 1.36 bits per heavy atom. The van der Waals surface area contributed by atoms with Gasteiger partial charge in [-0.1, -0.05) is 0 Å². The first kappa shape index (κ1) is 15.9. The average molecular weight is 321 g/mol. The standard InChI is InChI=1S/C14H15N3O4S/c1-3-21-13(20)7(2)15-11(18)8-4-5-9-10(6-8)16-14(22)17-12(9)19/h4-7H,3H2,1-2H3,(H,15,18)(H2,16,17,19,22)/t7-/m0/s1. The molecule has 0 aliphatic rings. The number of aromatic nitrogens is 2. The van der Waals surface area contributed by atoms with Crippen LogP contribution in [0.4, 0.5) is 0 Å². The summed E-state index contributed by atoms with van der Waals surface area (Å²) in [5.74, 6) is -0.949. The van der Waals surface area contributed by atoms with Gasteiger partial charge in [-0.25, -0.2) is 4.79 Å². The summed E-state index contributed by atoms with van der Waals surface area (Å²) in [5, 5.41) is 2.93. The summed E-state index contributed by atoms with van der Waals surface area (Å²) in [7, 11) is 0. The average Bonchev–Trinajstić information content (AvgIpc) is 2.46. The van der Waals surface area contributed by atoms with Crippen LogP contribution in [0.3, 0.4) is 0 Å². The van der Waals surface area contributed by atoms with Gasteiger partial charge in [0.25, 0.3) is 11.5 Å².